The van der Waals surface area contributed by atoms with Crippen molar-refractivity contribution >= 4 is 20.9 Å². The van der Waals surface area contributed by atoms with Crippen LogP contribution in [-0.4, -0.2) is 29.4 Å². The fraction of sp³-hybridized carbons (Fsp3) is 0.480. The van der Waals surface area contributed by atoms with Crippen LogP contribution in [0, 0.1) is 11.2 Å². The van der Waals surface area contributed by atoms with Crippen molar-refractivity contribution in [3.05, 3.63) is 53.7 Å². The predicted octanol–water partition coefficient (Wildman–Crippen LogP) is 6.98. The zero-order chi connectivity index (χ0) is 28.3. The molecule has 0 bridgehead atoms. The molecule has 2 heterocycles. The van der Waals surface area contributed by atoms with Crippen molar-refractivity contribution in [1.82, 2.24) is 14.3 Å². The molecule has 2 aromatic heterocycles. The number of nitrogens with zero attached hydrogens (tertiary/aromatic N) is 2. The van der Waals surface area contributed by atoms with E-state index in [1.807, 2.05) is 0 Å². The summed E-state index contributed by atoms with van der Waals surface area (Å²) in [4.78, 5) is 3.68. The number of sulfonamides is 1. The van der Waals surface area contributed by atoms with Gasteiger partial charge in [-0.05, 0) is 36.5 Å². The Kier molecular flexibility index (Phi) is 7.09. The lowest BCUT2D eigenvalue weighted by Gasteiger charge is -2.29. The number of hydrogen-bond acceptors (Lipinski definition) is 3. The summed E-state index contributed by atoms with van der Waals surface area (Å²) in [6.07, 6.45) is -6.02. The van der Waals surface area contributed by atoms with Gasteiger partial charge in [-0.25, -0.2) is 12.8 Å². The number of aromatic nitrogens is 2. The van der Waals surface area contributed by atoms with Crippen LogP contribution in [0.5, 0.6) is 0 Å². The van der Waals surface area contributed by atoms with Gasteiger partial charge in [0, 0.05) is 52.7 Å². The quantitative estimate of drug-likeness (QED) is 0.328. The molecule has 1 aromatic carbocycles. The van der Waals surface area contributed by atoms with E-state index in [9.17, 15) is 34.8 Å². The van der Waals surface area contributed by atoms with Crippen molar-refractivity contribution in [3.63, 3.8) is 0 Å². The first-order valence-electron chi connectivity index (χ1n) is 11.8. The van der Waals surface area contributed by atoms with Gasteiger partial charge in [-0.2, -0.15) is 31.1 Å². The van der Waals surface area contributed by atoms with Gasteiger partial charge in [-0.15, -0.1) is 0 Å². The molecule has 1 saturated carbocycles. The number of benzene rings is 1. The van der Waals surface area contributed by atoms with E-state index in [-0.39, 0.29) is 30.3 Å². The molecule has 0 aliphatic heterocycles. The smallest absolute Gasteiger partial charge is 0.347 e. The fourth-order valence-corrected chi connectivity index (χ4v) is 6.26. The second-order valence-electron chi connectivity index (χ2n) is 10.7. The van der Waals surface area contributed by atoms with Crippen LogP contribution >= 0.6 is 0 Å². The Balaban J connectivity index is 1.95. The number of rotatable bonds is 6. The monoisotopic (exact) mass is 565 g/mol. The molecule has 0 amide bonds. The first-order valence-corrected chi connectivity index (χ1v) is 13.3. The third-order valence-corrected chi connectivity index (χ3v) is 8.39. The van der Waals surface area contributed by atoms with E-state index in [0.29, 0.717) is 12.5 Å². The van der Waals surface area contributed by atoms with Crippen LogP contribution in [0.4, 0.5) is 30.7 Å². The number of hydrogen-bond donors (Lipinski definition) is 1. The zero-order valence-electron chi connectivity index (χ0n) is 20.7. The lowest BCUT2D eigenvalue weighted by molar-refractivity contribution is -0.152. The lowest BCUT2D eigenvalue weighted by Crippen LogP contribution is -2.44. The van der Waals surface area contributed by atoms with E-state index >= 15 is 4.39 Å². The van der Waals surface area contributed by atoms with Gasteiger partial charge in [0.05, 0.1) is 10.8 Å². The minimum absolute atomic E-state index is 0.0281. The first kappa shape index (κ1) is 28.3. The number of pyridine rings is 1. The maximum atomic E-state index is 15.4. The van der Waals surface area contributed by atoms with Crippen molar-refractivity contribution in [2.75, 3.05) is 0 Å². The summed E-state index contributed by atoms with van der Waals surface area (Å²) in [5.41, 5.74) is -3.21. The highest BCUT2D eigenvalue weighted by Crippen LogP contribution is 2.43. The highest BCUT2D eigenvalue weighted by Gasteiger charge is 2.47. The number of halogens is 7. The van der Waals surface area contributed by atoms with Gasteiger partial charge < -0.3 is 4.57 Å². The van der Waals surface area contributed by atoms with Gasteiger partial charge in [-0.3, -0.25) is 4.98 Å². The van der Waals surface area contributed by atoms with Gasteiger partial charge in [-0.1, -0.05) is 27.2 Å². The molecule has 5 nitrogen and oxygen atoms in total. The second-order valence-corrected chi connectivity index (χ2v) is 12.7. The second kappa shape index (κ2) is 9.51. The van der Waals surface area contributed by atoms with Crippen LogP contribution < -0.4 is 4.72 Å². The van der Waals surface area contributed by atoms with E-state index in [1.54, 1.807) is 25.5 Å². The van der Waals surface area contributed by atoms with Crippen molar-refractivity contribution in [2.45, 2.75) is 70.2 Å². The minimum Gasteiger partial charge on any atom is -0.347 e. The maximum absolute atomic E-state index is 15.4. The minimum atomic E-state index is -5.07. The molecule has 1 fully saturated rings. The normalized spacial score (nSPS) is 16.6. The largest absolute Gasteiger partial charge is 0.417 e. The van der Waals surface area contributed by atoms with Crippen molar-refractivity contribution in [2.24, 2.45) is 5.41 Å². The summed E-state index contributed by atoms with van der Waals surface area (Å²) in [7, 11) is -4.34. The molecule has 1 aliphatic rings. The summed E-state index contributed by atoms with van der Waals surface area (Å²) in [5.74, 6) is -1.20. The molecular weight excluding hydrogens is 539 g/mol. The molecular formula is C25H26F7N3O2S. The average molecular weight is 566 g/mol. The predicted molar refractivity (Wildman–Crippen MR) is 128 cm³/mol. The maximum Gasteiger partial charge on any atom is 0.417 e. The summed E-state index contributed by atoms with van der Waals surface area (Å²) >= 11 is 0. The van der Waals surface area contributed by atoms with Crippen LogP contribution in [0.3, 0.4) is 0 Å². The van der Waals surface area contributed by atoms with E-state index in [0.717, 1.165) is 30.7 Å². The first-order chi connectivity index (χ1) is 17.4. The SMILES string of the molecule is CC(C)(C)Cn1cc(C(NS(=O)(=O)C2CCC2)C(F)(F)F)c2cc(F)c(-c3cnccc3C(F)(F)F)cc21. The Morgan fingerprint density at radius 2 is 1.74 bits per heavy atom. The van der Waals surface area contributed by atoms with Crippen molar-refractivity contribution in [3.8, 4) is 11.1 Å². The molecule has 1 aliphatic carbocycles. The van der Waals surface area contributed by atoms with Gasteiger partial charge in [0.15, 0.2) is 0 Å². The Morgan fingerprint density at radius 3 is 2.26 bits per heavy atom. The number of alkyl halides is 6. The van der Waals surface area contributed by atoms with Crippen LogP contribution in [0.25, 0.3) is 22.0 Å². The molecule has 0 saturated heterocycles. The molecule has 38 heavy (non-hydrogen) atoms. The van der Waals surface area contributed by atoms with Crippen LogP contribution in [0.2, 0.25) is 0 Å². The molecule has 208 valence electrons. The summed E-state index contributed by atoms with van der Waals surface area (Å²) in [5, 5.41) is -1.21. The molecule has 1 atom stereocenters. The highest BCUT2D eigenvalue weighted by atomic mass is 32.2. The Labute approximate surface area is 215 Å². The van der Waals surface area contributed by atoms with E-state index < -0.39 is 67.2 Å². The van der Waals surface area contributed by atoms with Crippen LogP contribution in [0.15, 0.2) is 36.8 Å². The number of nitrogens with one attached hydrogen (secondary N) is 1. The molecule has 3 aromatic rings. The third kappa shape index (κ3) is 5.68. The van der Waals surface area contributed by atoms with Gasteiger partial charge in [0.2, 0.25) is 10.0 Å². The van der Waals surface area contributed by atoms with E-state index in [2.05, 4.69) is 4.98 Å². The lowest BCUT2D eigenvalue weighted by atomic mass is 9.96. The summed E-state index contributed by atoms with van der Waals surface area (Å²) < 4.78 is 127. The van der Waals surface area contributed by atoms with Gasteiger partial charge >= 0.3 is 12.4 Å². The standard InChI is InChI=1S/C25H26F7N3O2S/c1-23(2,3)13-35-12-18(22(25(30,31)32)34-38(36,37)14-5-4-6-14)16-9-20(26)15(10-21(16)35)17-11-33-8-7-19(17)24(27,28)29/h7-12,14,22,34H,4-6,13H2,1-3H3. The van der Waals surface area contributed by atoms with Crippen molar-refractivity contribution in [1.29, 1.82) is 0 Å². The molecule has 13 heteroatoms. The Hall–Kier alpha value is -2.67. The molecule has 1 unspecified atom stereocenters. The van der Waals surface area contributed by atoms with Crippen LogP contribution in [0.1, 0.15) is 57.2 Å². The van der Waals surface area contributed by atoms with E-state index in [1.165, 1.54) is 4.57 Å². The van der Waals surface area contributed by atoms with Gasteiger partial charge in [0.1, 0.15) is 11.9 Å². The summed E-state index contributed by atoms with van der Waals surface area (Å²) in [6.45, 7) is 5.51. The Morgan fingerprint density at radius 1 is 1.08 bits per heavy atom. The highest BCUT2D eigenvalue weighted by molar-refractivity contribution is 7.90. The zero-order valence-corrected chi connectivity index (χ0v) is 21.5. The third-order valence-electron chi connectivity index (χ3n) is 6.47. The summed E-state index contributed by atoms with van der Waals surface area (Å²) in [6, 6.07) is -0.206. The molecule has 0 spiro atoms. The van der Waals surface area contributed by atoms with E-state index in [4.69, 9.17) is 0 Å². The van der Waals surface area contributed by atoms with Crippen molar-refractivity contribution < 1.29 is 39.2 Å². The topological polar surface area (TPSA) is 64.0 Å². The fourth-order valence-electron chi connectivity index (χ4n) is 4.52. The molecule has 0 radical (unpaired) electrons. The Bertz CT molecular complexity index is 1450. The molecule has 4 rings (SSSR count). The van der Waals surface area contributed by atoms with Crippen LogP contribution in [-0.2, 0) is 22.7 Å². The average Bonchev–Trinajstić information content (AvgIpc) is 3.03. The van der Waals surface area contributed by atoms with Gasteiger partial charge in [0.25, 0.3) is 0 Å². The number of fused-ring (bicyclic) bond motifs is 1. The molecule has 1 N–H and O–H groups in total.